The number of carboxylic acid groups (broad SMARTS) is 1. The highest BCUT2D eigenvalue weighted by molar-refractivity contribution is 5.82. The van der Waals surface area contributed by atoms with E-state index >= 15 is 0 Å². The number of rotatable bonds is 31. The van der Waals surface area contributed by atoms with Crippen molar-refractivity contribution in [2.45, 2.75) is 24.8 Å². The number of hydrogen-bond donors (Lipinski definition) is 3. The van der Waals surface area contributed by atoms with Crippen LogP contribution in [0.2, 0.25) is 0 Å². The molecule has 3 rings (SSSR count). The topological polar surface area (TPSA) is 179 Å². The number of carbonyl (C=O) groups is 3. The molecule has 0 saturated carbocycles. The zero-order valence-electron chi connectivity index (χ0n) is 30.1. The van der Waals surface area contributed by atoms with Crippen molar-refractivity contribution in [3.63, 3.8) is 0 Å². The van der Waals surface area contributed by atoms with Gasteiger partial charge in [-0.1, -0.05) is 48.5 Å². The normalized spacial score (nSPS) is 12.6. The Morgan fingerprint density at radius 3 is 1.50 bits per heavy atom. The molecule has 0 unspecified atom stereocenters. The molecule has 0 aliphatic heterocycles. The molecule has 0 radical (unpaired) electrons. The molecule has 0 heterocycles. The minimum absolute atomic E-state index is 0.0597. The van der Waals surface area contributed by atoms with Crippen LogP contribution in [-0.2, 0) is 52.2 Å². The fraction of sp³-hybridized carbons (Fsp3) is 0.595. The Morgan fingerprint density at radius 2 is 1.06 bits per heavy atom. The van der Waals surface area contributed by atoms with E-state index in [1.165, 1.54) is 0 Å². The second-order valence-corrected chi connectivity index (χ2v) is 11.5. The van der Waals surface area contributed by atoms with Crippen molar-refractivity contribution in [2.75, 3.05) is 119 Å². The second-order valence-electron chi connectivity index (χ2n) is 11.5. The molecule has 0 saturated heterocycles. The molecule has 1 aliphatic rings. The molecule has 290 valence electrons. The van der Waals surface area contributed by atoms with Gasteiger partial charge in [0.05, 0.1) is 99.1 Å². The molecule has 0 aromatic heterocycles. The number of amides is 2. The summed E-state index contributed by atoms with van der Waals surface area (Å²) < 4.78 is 48.3. The molecule has 2 aromatic rings. The molecule has 15 heteroatoms. The lowest BCUT2D eigenvalue weighted by Gasteiger charge is -2.17. The number of benzene rings is 2. The lowest BCUT2D eigenvalue weighted by atomic mass is 9.98. The molecule has 0 fully saturated rings. The van der Waals surface area contributed by atoms with Gasteiger partial charge in [0, 0.05) is 26.0 Å². The summed E-state index contributed by atoms with van der Waals surface area (Å²) in [5, 5.41) is 14.6. The van der Waals surface area contributed by atoms with Crippen LogP contribution in [-0.4, -0.2) is 148 Å². The smallest absolute Gasteiger partial charge is 0.407 e. The highest BCUT2D eigenvalue weighted by Gasteiger charge is 2.30. The predicted octanol–water partition coefficient (Wildman–Crippen LogP) is 2.64. The van der Waals surface area contributed by atoms with Crippen molar-refractivity contribution >= 4 is 18.0 Å². The molecule has 1 atom stereocenters. The van der Waals surface area contributed by atoms with E-state index in [4.69, 9.17) is 42.6 Å². The molecule has 52 heavy (non-hydrogen) atoms. The minimum atomic E-state index is -1.27. The molecular weight excluding hydrogens is 680 g/mol. The van der Waals surface area contributed by atoms with Crippen LogP contribution in [0.1, 0.15) is 29.9 Å². The summed E-state index contributed by atoms with van der Waals surface area (Å²) in [5.41, 5.74) is 4.29. The van der Waals surface area contributed by atoms with E-state index in [1.54, 1.807) is 7.11 Å². The lowest BCUT2D eigenvalue weighted by molar-refractivity contribution is -0.139. The Kier molecular flexibility index (Phi) is 22.2. The van der Waals surface area contributed by atoms with Gasteiger partial charge in [-0.05, 0) is 28.7 Å². The van der Waals surface area contributed by atoms with Gasteiger partial charge in [-0.3, -0.25) is 4.79 Å². The monoisotopic (exact) mass is 734 g/mol. The van der Waals surface area contributed by atoms with Gasteiger partial charge in [-0.25, -0.2) is 9.59 Å². The van der Waals surface area contributed by atoms with E-state index in [-0.39, 0.29) is 44.4 Å². The Balaban J connectivity index is 1.09. The Bertz CT molecular complexity index is 1250. The van der Waals surface area contributed by atoms with E-state index in [0.29, 0.717) is 92.5 Å². The fourth-order valence-electron chi connectivity index (χ4n) is 5.23. The highest BCUT2D eigenvalue weighted by Crippen LogP contribution is 2.44. The number of fused-ring (bicyclic) bond motifs is 3. The van der Waals surface area contributed by atoms with Crippen LogP contribution < -0.4 is 10.6 Å². The summed E-state index contributed by atoms with van der Waals surface area (Å²) in [7, 11) is 1.63. The zero-order chi connectivity index (χ0) is 37.1. The Morgan fingerprint density at radius 1 is 0.635 bits per heavy atom. The molecule has 0 bridgehead atoms. The highest BCUT2D eigenvalue weighted by atomic mass is 16.6. The molecule has 15 nitrogen and oxygen atoms in total. The quantitative estimate of drug-likeness (QED) is 0.0965. The lowest BCUT2D eigenvalue weighted by Crippen LogP contribution is -2.42. The molecule has 0 spiro atoms. The number of alkyl carbamates (subject to hydrolysis) is 1. The first-order valence-electron chi connectivity index (χ1n) is 17.7. The van der Waals surface area contributed by atoms with Crippen molar-refractivity contribution in [1.82, 2.24) is 10.6 Å². The first-order valence-corrected chi connectivity index (χ1v) is 17.7. The fourth-order valence-corrected chi connectivity index (χ4v) is 5.23. The van der Waals surface area contributed by atoms with Gasteiger partial charge < -0.3 is 58.4 Å². The standard InChI is InChI=1S/C37H54N2O13/c1-44-14-15-46-18-19-48-22-23-50-26-27-51-25-24-49-21-20-47-17-16-45-13-12-38-35(40)11-10-34(36(41)42)39-37(43)52-28-33-31-8-4-2-6-29(31)30-7-3-5-9-32(30)33/h2-9,33-34H,10-28H2,1H3,(H,38,40)(H,39,43)(H,41,42)/t34-/m0/s1. The Hall–Kier alpha value is -3.67. The van der Waals surface area contributed by atoms with Crippen molar-refractivity contribution in [2.24, 2.45) is 0 Å². The first kappa shape index (κ1) is 42.7. The van der Waals surface area contributed by atoms with Gasteiger partial charge in [-0.2, -0.15) is 0 Å². The minimum Gasteiger partial charge on any atom is -0.480 e. The summed E-state index contributed by atoms with van der Waals surface area (Å²) in [6, 6.07) is 14.6. The maximum absolute atomic E-state index is 12.5. The van der Waals surface area contributed by atoms with E-state index < -0.39 is 18.1 Å². The zero-order valence-corrected chi connectivity index (χ0v) is 30.1. The number of aliphatic carboxylic acids is 1. The summed E-state index contributed by atoms with van der Waals surface area (Å²) in [6.45, 7) is 7.19. The third-order valence-corrected chi connectivity index (χ3v) is 7.83. The number of methoxy groups -OCH3 is 1. The average Bonchev–Trinajstić information content (AvgIpc) is 3.47. The van der Waals surface area contributed by atoms with E-state index in [9.17, 15) is 19.5 Å². The summed E-state index contributed by atoms with van der Waals surface area (Å²) in [4.78, 5) is 36.5. The molecular formula is C37H54N2O13. The van der Waals surface area contributed by atoms with Gasteiger partial charge in [-0.15, -0.1) is 0 Å². The SMILES string of the molecule is COCCOCCOCCOCCOCCOCCOCCOCCNC(=O)CC[C@H](NC(=O)OCC1c2ccccc2-c2ccccc21)C(=O)O. The maximum Gasteiger partial charge on any atom is 0.407 e. The van der Waals surface area contributed by atoms with E-state index in [2.05, 4.69) is 10.6 Å². The molecule has 2 aromatic carbocycles. The van der Waals surface area contributed by atoms with Crippen LogP contribution >= 0.6 is 0 Å². The summed E-state index contributed by atoms with van der Waals surface area (Å²) >= 11 is 0. The number of nitrogens with one attached hydrogen (secondary N) is 2. The number of carboxylic acids is 1. The third-order valence-electron chi connectivity index (χ3n) is 7.83. The second kappa shape index (κ2) is 27.0. The van der Waals surface area contributed by atoms with Crippen molar-refractivity contribution in [3.8, 4) is 11.1 Å². The molecule has 1 aliphatic carbocycles. The third kappa shape index (κ3) is 17.2. The van der Waals surface area contributed by atoms with Crippen molar-refractivity contribution in [1.29, 1.82) is 0 Å². The first-order chi connectivity index (χ1) is 25.5. The largest absolute Gasteiger partial charge is 0.480 e. The van der Waals surface area contributed by atoms with E-state index in [0.717, 1.165) is 22.3 Å². The van der Waals surface area contributed by atoms with Crippen LogP contribution in [0.25, 0.3) is 11.1 Å². The van der Waals surface area contributed by atoms with Crippen LogP contribution in [0.3, 0.4) is 0 Å². The van der Waals surface area contributed by atoms with Crippen molar-refractivity contribution < 1.29 is 62.1 Å². The van der Waals surface area contributed by atoms with Gasteiger partial charge in [0.15, 0.2) is 0 Å². The van der Waals surface area contributed by atoms with Crippen LogP contribution in [0.5, 0.6) is 0 Å². The average molecular weight is 735 g/mol. The summed E-state index contributed by atoms with van der Waals surface area (Å²) in [6.07, 6.45) is -1.03. The Labute approximate surface area is 305 Å². The van der Waals surface area contributed by atoms with Gasteiger partial charge >= 0.3 is 12.1 Å². The maximum atomic E-state index is 12.5. The van der Waals surface area contributed by atoms with Gasteiger partial charge in [0.2, 0.25) is 5.91 Å². The van der Waals surface area contributed by atoms with Crippen LogP contribution in [0.4, 0.5) is 4.79 Å². The molecule has 2 amide bonds. The summed E-state index contributed by atoms with van der Waals surface area (Å²) in [5.74, 6) is -1.75. The molecule has 3 N–H and O–H groups in total. The van der Waals surface area contributed by atoms with Crippen molar-refractivity contribution in [3.05, 3.63) is 59.7 Å². The number of hydrogen-bond acceptors (Lipinski definition) is 12. The number of ether oxygens (including phenoxy) is 9. The van der Waals surface area contributed by atoms with Gasteiger partial charge in [0.1, 0.15) is 12.6 Å². The predicted molar refractivity (Wildman–Crippen MR) is 189 cm³/mol. The number of carbonyl (C=O) groups excluding carboxylic acids is 2. The van der Waals surface area contributed by atoms with Crippen LogP contribution in [0, 0.1) is 0 Å². The van der Waals surface area contributed by atoms with Crippen LogP contribution in [0.15, 0.2) is 48.5 Å². The van der Waals surface area contributed by atoms with E-state index in [1.807, 2.05) is 48.5 Å². The van der Waals surface area contributed by atoms with Gasteiger partial charge in [0.25, 0.3) is 0 Å².